The van der Waals surface area contributed by atoms with Gasteiger partial charge in [-0.05, 0) is 39.7 Å². The van der Waals surface area contributed by atoms with Crippen molar-refractivity contribution < 1.29 is 9.53 Å². The smallest absolute Gasteiger partial charge is 0.255 e. The molecule has 0 unspecified atom stereocenters. The lowest BCUT2D eigenvalue weighted by atomic mass is 10.1. The van der Waals surface area contributed by atoms with Crippen LogP contribution in [0.15, 0.2) is 12.3 Å². The standard InChI is InChI=1S/C18H24N4O2/c1-11(2)22-17-15(9-19-22)14(8-16(20-17)13-4-5-13)18(23)21-6-7-24-10-12(21)3/h8-9,11-13H,4-7,10H2,1-3H3/t12-/m0/s1. The van der Waals surface area contributed by atoms with Crippen LogP contribution in [0.5, 0.6) is 0 Å². The fourth-order valence-electron chi connectivity index (χ4n) is 3.36. The van der Waals surface area contributed by atoms with Crippen molar-refractivity contribution in [3.8, 4) is 0 Å². The van der Waals surface area contributed by atoms with Crippen LogP contribution in [0.1, 0.15) is 61.6 Å². The Bertz CT molecular complexity index is 779. The van der Waals surface area contributed by atoms with Gasteiger partial charge in [-0.25, -0.2) is 9.67 Å². The SMILES string of the molecule is CC(C)n1ncc2c(C(=O)N3CCOC[C@@H]3C)cc(C3CC3)nc21. The summed E-state index contributed by atoms with van der Waals surface area (Å²) in [7, 11) is 0. The van der Waals surface area contributed by atoms with Gasteiger partial charge in [0.25, 0.3) is 5.91 Å². The monoisotopic (exact) mass is 328 g/mol. The van der Waals surface area contributed by atoms with E-state index in [1.165, 1.54) is 0 Å². The highest BCUT2D eigenvalue weighted by Crippen LogP contribution is 2.40. The fraction of sp³-hybridized carbons (Fsp3) is 0.611. The minimum atomic E-state index is 0.0726. The second-order valence-corrected chi connectivity index (χ2v) is 7.21. The van der Waals surface area contributed by atoms with Crippen LogP contribution in [0.25, 0.3) is 11.0 Å². The van der Waals surface area contributed by atoms with E-state index in [2.05, 4.69) is 18.9 Å². The lowest BCUT2D eigenvalue weighted by Gasteiger charge is -2.33. The van der Waals surface area contributed by atoms with E-state index in [0.29, 0.717) is 25.7 Å². The van der Waals surface area contributed by atoms with Gasteiger partial charge >= 0.3 is 0 Å². The predicted octanol–water partition coefficient (Wildman–Crippen LogP) is 2.75. The van der Waals surface area contributed by atoms with Gasteiger partial charge in [0.05, 0.1) is 36.4 Å². The lowest BCUT2D eigenvalue weighted by Crippen LogP contribution is -2.47. The highest BCUT2D eigenvalue weighted by Gasteiger charge is 2.31. The van der Waals surface area contributed by atoms with Crippen molar-refractivity contribution in [1.29, 1.82) is 0 Å². The van der Waals surface area contributed by atoms with Crippen LogP contribution in [0.3, 0.4) is 0 Å². The molecule has 0 radical (unpaired) electrons. The Morgan fingerprint density at radius 1 is 1.38 bits per heavy atom. The first-order chi connectivity index (χ1) is 11.6. The van der Waals surface area contributed by atoms with E-state index in [0.717, 1.165) is 35.1 Å². The number of carbonyl (C=O) groups excluding carboxylic acids is 1. The molecule has 1 atom stereocenters. The molecule has 2 aliphatic rings. The molecule has 1 saturated heterocycles. The molecule has 6 heteroatoms. The van der Waals surface area contributed by atoms with Crippen molar-refractivity contribution in [1.82, 2.24) is 19.7 Å². The molecule has 1 saturated carbocycles. The molecule has 0 aromatic carbocycles. The number of fused-ring (bicyclic) bond motifs is 1. The second-order valence-electron chi connectivity index (χ2n) is 7.21. The Balaban J connectivity index is 1.82. The Labute approximate surface area is 141 Å². The van der Waals surface area contributed by atoms with Gasteiger partial charge in [-0.1, -0.05) is 0 Å². The zero-order valence-corrected chi connectivity index (χ0v) is 14.5. The molecule has 2 aromatic heterocycles. The molecule has 2 aromatic rings. The molecule has 6 nitrogen and oxygen atoms in total. The van der Waals surface area contributed by atoms with Crippen molar-refractivity contribution in [3.63, 3.8) is 0 Å². The second kappa shape index (κ2) is 5.84. The summed E-state index contributed by atoms with van der Waals surface area (Å²) in [6.45, 7) is 8.05. The van der Waals surface area contributed by atoms with Gasteiger partial charge < -0.3 is 9.64 Å². The van der Waals surface area contributed by atoms with E-state index in [9.17, 15) is 4.79 Å². The third-order valence-electron chi connectivity index (χ3n) is 4.93. The quantitative estimate of drug-likeness (QED) is 0.869. The number of nitrogens with zero attached hydrogens (tertiary/aromatic N) is 4. The van der Waals surface area contributed by atoms with E-state index in [1.807, 2.05) is 22.6 Å². The molecule has 2 fully saturated rings. The average Bonchev–Trinajstić information content (AvgIpc) is 3.32. The van der Waals surface area contributed by atoms with E-state index in [4.69, 9.17) is 9.72 Å². The summed E-state index contributed by atoms with van der Waals surface area (Å²) in [5.74, 6) is 0.571. The molecule has 0 N–H and O–H groups in total. The topological polar surface area (TPSA) is 60.2 Å². The number of pyridine rings is 1. The van der Waals surface area contributed by atoms with Crippen LogP contribution in [-0.4, -0.2) is 51.4 Å². The number of ether oxygens (including phenoxy) is 1. The van der Waals surface area contributed by atoms with Crippen molar-refractivity contribution in [3.05, 3.63) is 23.5 Å². The molecule has 3 heterocycles. The molecule has 24 heavy (non-hydrogen) atoms. The van der Waals surface area contributed by atoms with E-state index >= 15 is 0 Å². The van der Waals surface area contributed by atoms with Gasteiger partial charge in [0, 0.05) is 24.2 Å². The number of rotatable bonds is 3. The maximum Gasteiger partial charge on any atom is 0.255 e. The molecule has 0 bridgehead atoms. The molecule has 4 rings (SSSR count). The van der Waals surface area contributed by atoms with Gasteiger partial charge in [0.1, 0.15) is 0 Å². The number of amides is 1. The molecule has 0 spiro atoms. The largest absolute Gasteiger partial charge is 0.377 e. The number of carbonyl (C=O) groups is 1. The van der Waals surface area contributed by atoms with Crippen LogP contribution in [0.4, 0.5) is 0 Å². The highest BCUT2D eigenvalue weighted by atomic mass is 16.5. The minimum Gasteiger partial charge on any atom is -0.377 e. The number of aromatic nitrogens is 3. The highest BCUT2D eigenvalue weighted by molar-refractivity contribution is 6.05. The van der Waals surface area contributed by atoms with Crippen molar-refractivity contribution in [2.45, 2.75) is 51.6 Å². The molecule has 1 aliphatic heterocycles. The summed E-state index contributed by atoms with van der Waals surface area (Å²) >= 11 is 0. The summed E-state index contributed by atoms with van der Waals surface area (Å²) in [4.78, 5) is 20.0. The van der Waals surface area contributed by atoms with Gasteiger partial charge in [-0.2, -0.15) is 5.10 Å². The Kier molecular flexibility index (Phi) is 3.79. The first-order valence-corrected chi connectivity index (χ1v) is 8.83. The van der Waals surface area contributed by atoms with E-state index in [1.54, 1.807) is 6.20 Å². The normalized spacial score (nSPS) is 21.7. The van der Waals surface area contributed by atoms with Gasteiger partial charge in [0.15, 0.2) is 5.65 Å². The van der Waals surface area contributed by atoms with Crippen molar-refractivity contribution in [2.24, 2.45) is 0 Å². The first kappa shape index (κ1) is 15.6. The van der Waals surface area contributed by atoms with Crippen LogP contribution in [0.2, 0.25) is 0 Å². The molecule has 1 aliphatic carbocycles. The molecular weight excluding hydrogens is 304 g/mol. The summed E-state index contributed by atoms with van der Waals surface area (Å²) in [5, 5.41) is 5.34. The Morgan fingerprint density at radius 2 is 2.17 bits per heavy atom. The molecule has 1 amide bonds. The van der Waals surface area contributed by atoms with Gasteiger partial charge in [-0.15, -0.1) is 0 Å². The Morgan fingerprint density at radius 3 is 2.83 bits per heavy atom. The summed E-state index contributed by atoms with van der Waals surface area (Å²) in [5.41, 5.74) is 2.61. The van der Waals surface area contributed by atoms with Crippen molar-refractivity contribution >= 4 is 16.9 Å². The zero-order chi connectivity index (χ0) is 16.8. The lowest BCUT2D eigenvalue weighted by molar-refractivity contribution is 0.00369. The number of morpholine rings is 1. The molecular formula is C18H24N4O2. The maximum atomic E-state index is 13.2. The van der Waals surface area contributed by atoms with Crippen LogP contribution >= 0.6 is 0 Å². The van der Waals surface area contributed by atoms with Crippen LogP contribution in [0, 0.1) is 0 Å². The van der Waals surface area contributed by atoms with Gasteiger partial charge in [-0.3, -0.25) is 4.79 Å². The molecule has 128 valence electrons. The Hall–Kier alpha value is -1.95. The summed E-state index contributed by atoms with van der Waals surface area (Å²) in [6, 6.07) is 2.31. The van der Waals surface area contributed by atoms with E-state index < -0.39 is 0 Å². The number of hydrogen-bond donors (Lipinski definition) is 0. The van der Waals surface area contributed by atoms with Gasteiger partial charge in [0.2, 0.25) is 0 Å². The van der Waals surface area contributed by atoms with Crippen LogP contribution in [-0.2, 0) is 4.74 Å². The minimum absolute atomic E-state index is 0.0726. The third kappa shape index (κ3) is 2.59. The number of hydrogen-bond acceptors (Lipinski definition) is 4. The summed E-state index contributed by atoms with van der Waals surface area (Å²) < 4.78 is 7.39. The van der Waals surface area contributed by atoms with Crippen molar-refractivity contribution in [2.75, 3.05) is 19.8 Å². The average molecular weight is 328 g/mol. The summed E-state index contributed by atoms with van der Waals surface area (Å²) in [6.07, 6.45) is 4.11. The van der Waals surface area contributed by atoms with Crippen LogP contribution < -0.4 is 0 Å². The predicted molar refractivity (Wildman–Crippen MR) is 91.2 cm³/mol. The first-order valence-electron chi connectivity index (χ1n) is 8.83. The van der Waals surface area contributed by atoms with E-state index in [-0.39, 0.29) is 18.0 Å². The fourth-order valence-corrected chi connectivity index (χ4v) is 3.36. The maximum absolute atomic E-state index is 13.2. The third-order valence-corrected chi connectivity index (χ3v) is 4.93. The zero-order valence-electron chi connectivity index (χ0n) is 14.5.